The van der Waals surface area contributed by atoms with Crippen LogP contribution in [0, 0.1) is 6.92 Å². The molecule has 0 radical (unpaired) electrons. The molecule has 0 aromatic heterocycles. The number of piperazine rings is 1. The Balaban J connectivity index is 1.83. The van der Waals surface area contributed by atoms with Crippen molar-refractivity contribution in [2.24, 2.45) is 0 Å². The second-order valence-electron chi connectivity index (χ2n) is 6.67. The Bertz CT molecular complexity index is 483. The highest BCUT2D eigenvalue weighted by Gasteiger charge is 2.23. The second kappa shape index (κ2) is 6.27. The van der Waals surface area contributed by atoms with E-state index in [0.717, 1.165) is 44.3 Å². The van der Waals surface area contributed by atoms with E-state index in [1.54, 1.807) is 5.56 Å². The maximum atomic E-state index is 6.33. The molecule has 3 heteroatoms. The molecule has 1 saturated carbocycles. The van der Waals surface area contributed by atoms with Crippen LogP contribution >= 0.6 is 0 Å². The molecule has 2 N–H and O–H groups in total. The van der Waals surface area contributed by atoms with Crippen molar-refractivity contribution in [2.75, 3.05) is 43.4 Å². The topological polar surface area (TPSA) is 32.5 Å². The van der Waals surface area contributed by atoms with Crippen LogP contribution in [0.5, 0.6) is 0 Å². The molecule has 21 heavy (non-hydrogen) atoms. The van der Waals surface area contributed by atoms with E-state index in [-0.39, 0.29) is 0 Å². The number of nitrogens with two attached hydrogens (primary N) is 1. The van der Waals surface area contributed by atoms with Gasteiger partial charge >= 0.3 is 0 Å². The Hall–Kier alpha value is -1.22. The summed E-state index contributed by atoms with van der Waals surface area (Å²) in [5, 5.41) is 0. The third-order valence-electron chi connectivity index (χ3n) is 5.37. The summed E-state index contributed by atoms with van der Waals surface area (Å²) in [5.74, 6) is 0.765. The number of rotatable bonds is 3. The van der Waals surface area contributed by atoms with Gasteiger partial charge in [-0.1, -0.05) is 19.8 Å². The summed E-state index contributed by atoms with van der Waals surface area (Å²) in [6, 6.07) is 4.61. The number of hydrogen-bond acceptors (Lipinski definition) is 3. The van der Waals surface area contributed by atoms with Crippen molar-refractivity contribution in [2.45, 2.75) is 45.4 Å². The second-order valence-corrected chi connectivity index (χ2v) is 6.67. The van der Waals surface area contributed by atoms with Crippen LogP contribution in [-0.2, 0) is 0 Å². The Morgan fingerprint density at radius 1 is 1.10 bits per heavy atom. The van der Waals surface area contributed by atoms with Crippen LogP contribution < -0.4 is 10.6 Å². The molecule has 1 aliphatic carbocycles. The molecule has 1 aromatic carbocycles. The van der Waals surface area contributed by atoms with Crippen LogP contribution in [0.25, 0.3) is 0 Å². The average Bonchev–Trinajstić information content (AvgIpc) is 3.02. The van der Waals surface area contributed by atoms with E-state index in [1.165, 1.54) is 36.9 Å². The molecule has 116 valence electrons. The normalized spacial score (nSPS) is 21.1. The van der Waals surface area contributed by atoms with E-state index < -0.39 is 0 Å². The van der Waals surface area contributed by atoms with E-state index in [0.29, 0.717) is 0 Å². The fourth-order valence-corrected chi connectivity index (χ4v) is 3.99. The highest BCUT2D eigenvalue weighted by molar-refractivity contribution is 5.70. The van der Waals surface area contributed by atoms with Crippen LogP contribution in [0.15, 0.2) is 12.1 Å². The van der Waals surface area contributed by atoms with Crippen molar-refractivity contribution in [3.8, 4) is 0 Å². The number of benzene rings is 1. The van der Waals surface area contributed by atoms with Gasteiger partial charge in [0, 0.05) is 26.2 Å². The SMILES string of the molecule is CCN1CCN(c2cc(C3CCCC3)c(C)cc2N)CC1. The van der Waals surface area contributed by atoms with Crippen molar-refractivity contribution in [3.05, 3.63) is 23.3 Å². The molecule has 1 heterocycles. The highest BCUT2D eigenvalue weighted by atomic mass is 15.3. The lowest BCUT2D eigenvalue weighted by Gasteiger charge is -2.36. The van der Waals surface area contributed by atoms with Crippen molar-refractivity contribution in [3.63, 3.8) is 0 Å². The first-order valence-corrected chi connectivity index (χ1v) is 8.56. The zero-order chi connectivity index (χ0) is 14.8. The monoisotopic (exact) mass is 287 g/mol. The molecule has 0 amide bonds. The molecule has 3 rings (SSSR count). The predicted molar refractivity (Wildman–Crippen MR) is 91.1 cm³/mol. The molecular weight excluding hydrogens is 258 g/mol. The number of hydrogen-bond donors (Lipinski definition) is 1. The minimum Gasteiger partial charge on any atom is -0.397 e. The molecule has 0 unspecified atom stereocenters. The maximum absolute atomic E-state index is 6.33. The zero-order valence-corrected chi connectivity index (χ0v) is 13.6. The van der Waals surface area contributed by atoms with Crippen LogP contribution in [0.3, 0.4) is 0 Å². The minimum atomic E-state index is 0.765. The summed E-state index contributed by atoms with van der Waals surface area (Å²) in [5.41, 5.74) is 11.5. The number of aryl methyl sites for hydroxylation is 1. The van der Waals surface area contributed by atoms with Gasteiger partial charge in [0.1, 0.15) is 0 Å². The van der Waals surface area contributed by atoms with Gasteiger partial charge in [0.05, 0.1) is 11.4 Å². The number of likely N-dealkylation sites (N-methyl/N-ethyl adjacent to an activating group) is 1. The van der Waals surface area contributed by atoms with Gasteiger partial charge in [-0.3, -0.25) is 0 Å². The summed E-state index contributed by atoms with van der Waals surface area (Å²) >= 11 is 0. The largest absolute Gasteiger partial charge is 0.397 e. The van der Waals surface area contributed by atoms with Crippen molar-refractivity contribution in [1.29, 1.82) is 0 Å². The molecule has 2 aliphatic rings. The van der Waals surface area contributed by atoms with Crippen LogP contribution in [0.1, 0.15) is 49.7 Å². The van der Waals surface area contributed by atoms with Crippen molar-refractivity contribution in [1.82, 2.24) is 4.90 Å². The molecule has 0 spiro atoms. The summed E-state index contributed by atoms with van der Waals surface area (Å²) in [6.07, 6.45) is 5.49. The molecule has 3 nitrogen and oxygen atoms in total. The summed E-state index contributed by atoms with van der Waals surface area (Å²) in [6.45, 7) is 10.1. The average molecular weight is 287 g/mol. The lowest BCUT2D eigenvalue weighted by atomic mass is 9.92. The van der Waals surface area contributed by atoms with Gasteiger partial charge < -0.3 is 15.5 Å². The first kappa shape index (κ1) is 14.7. The molecule has 0 atom stereocenters. The number of anilines is 2. The Morgan fingerprint density at radius 3 is 2.38 bits per heavy atom. The number of nitrogens with zero attached hydrogens (tertiary/aromatic N) is 2. The van der Waals surface area contributed by atoms with Crippen LogP contribution in [0.4, 0.5) is 11.4 Å². The van der Waals surface area contributed by atoms with E-state index in [4.69, 9.17) is 5.73 Å². The van der Waals surface area contributed by atoms with Gasteiger partial charge in [-0.05, 0) is 55.5 Å². The summed E-state index contributed by atoms with van der Waals surface area (Å²) < 4.78 is 0. The quantitative estimate of drug-likeness (QED) is 0.865. The van der Waals surface area contributed by atoms with Gasteiger partial charge in [-0.15, -0.1) is 0 Å². The summed E-state index contributed by atoms with van der Waals surface area (Å²) in [7, 11) is 0. The van der Waals surface area contributed by atoms with E-state index in [2.05, 4.69) is 35.8 Å². The smallest absolute Gasteiger partial charge is 0.0603 e. The molecule has 1 aromatic rings. The minimum absolute atomic E-state index is 0.765. The third kappa shape index (κ3) is 3.03. The molecule has 0 bridgehead atoms. The zero-order valence-electron chi connectivity index (χ0n) is 13.6. The van der Waals surface area contributed by atoms with Gasteiger partial charge in [-0.2, -0.15) is 0 Å². The third-order valence-corrected chi connectivity index (χ3v) is 5.37. The summed E-state index contributed by atoms with van der Waals surface area (Å²) in [4.78, 5) is 5.00. The standard InChI is InChI=1S/C18H29N3/c1-3-20-8-10-21(11-9-20)18-13-16(14(2)12-17(18)19)15-6-4-5-7-15/h12-13,15H,3-11,19H2,1-2H3. The fraction of sp³-hybridized carbons (Fsp3) is 0.667. The Morgan fingerprint density at radius 2 is 1.76 bits per heavy atom. The van der Waals surface area contributed by atoms with Gasteiger partial charge in [0.25, 0.3) is 0 Å². The van der Waals surface area contributed by atoms with Crippen LogP contribution in [-0.4, -0.2) is 37.6 Å². The lowest BCUT2D eigenvalue weighted by molar-refractivity contribution is 0.271. The van der Waals surface area contributed by atoms with E-state index >= 15 is 0 Å². The maximum Gasteiger partial charge on any atom is 0.0603 e. The predicted octanol–water partition coefficient (Wildman–Crippen LogP) is 3.38. The first-order chi connectivity index (χ1) is 10.2. The van der Waals surface area contributed by atoms with Gasteiger partial charge in [0.2, 0.25) is 0 Å². The highest BCUT2D eigenvalue weighted by Crippen LogP contribution is 2.39. The molecular formula is C18H29N3. The first-order valence-electron chi connectivity index (χ1n) is 8.56. The van der Waals surface area contributed by atoms with Gasteiger partial charge in [-0.25, -0.2) is 0 Å². The Labute approximate surface area is 129 Å². The van der Waals surface area contributed by atoms with E-state index in [1.807, 2.05) is 0 Å². The van der Waals surface area contributed by atoms with E-state index in [9.17, 15) is 0 Å². The van der Waals surface area contributed by atoms with Crippen LogP contribution in [0.2, 0.25) is 0 Å². The van der Waals surface area contributed by atoms with Crippen molar-refractivity contribution >= 4 is 11.4 Å². The Kier molecular flexibility index (Phi) is 4.39. The molecule has 1 saturated heterocycles. The molecule has 2 fully saturated rings. The fourth-order valence-electron chi connectivity index (χ4n) is 3.99. The molecule has 1 aliphatic heterocycles. The van der Waals surface area contributed by atoms with Gasteiger partial charge in [0.15, 0.2) is 0 Å². The number of nitrogen functional groups attached to an aromatic ring is 1. The lowest BCUT2D eigenvalue weighted by Crippen LogP contribution is -2.46. The van der Waals surface area contributed by atoms with Crippen molar-refractivity contribution < 1.29 is 0 Å².